The van der Waals surface area contributed by atoms with E-state index in [1.807, 2.05) is 23.6 Å². The maximum Gasteiger partial charge on any atom is 0.300 e. The van der Waals surface area contributed by atoms with Crippen LogP contribution in [0.2, 0.25) is 0 Å². The standard InChI is InChI=1S/C24H28N8O4.C2H6/c1-26-13-15(12-25)18-3-2-4-20(27-18)28-23(34)17-11-19-21(29-22(17)32-6-5-16(33)14-32)30-24(36-19)31-7-9-35-10-8-31;1-2/h2-4,11-13,16,33H,5-10,14,25H2,1H3,(H,27,28,34);1-2H3/b15-12+,26-13?;. The fraction of sp³-hybridized carbons (Fsp3) is 0.423. The van der Waals surface area contributed by atoms with Crippen LogP contribution in [-0.2, 0) is 4.74 Å². The number of morpholine rings is 1. The molecule has 1 atom stereocenters. The molecule has 4 N–H and O–H groups in total. The zero-order chi connectivity index (χ0) is 27.1. The van der Waals surface area contributed by atoms with Crippen molar-refractivity contribution < 1.29 is 19.1 Å². The van der Waals surface area contributed by atoms with Gasteiger partial charge in [0.1, 0.15) is 11.6 Å². The van der Waals surface area contributed by atoms with E-state index in [0.717, 1.165) is 0 Å². The Labute approximate surface area is 221 Å². The van der Waals surface area contributed by atoms with Crippen molar-refractivity contribution in [3.8, 4) is 0 Å². The first-order chi connectivity index (χ1) is 18.6. The molecule has 12 nitrogen and oxygen atoms in total. The molecule has 1 unspecified atom stereocenters. The van der Waals surface area contributed by atoms with E-state index in [4.69, 9.17) is 14.9 Å². The van der Waals surface area contributed by atoms with E-state index in [1.165, 1.54) is 6.20 Å². The number of fused-ring (bicyclic) bond motifs is 1. The lowest BCUT2D eigenvalue weighted by Gasteiger charge is -2.24. The van der Waals surface area contributed by atoms with Crippen LogP contribution in [0.5, 0.6) is 0 Å². The number of anilines is 3. The third-order valence-corrected chi connectivity index (χ3v) is 6.07. The number of aliphatic hydroxyl groups excluding tert-OH is 1. The molecule has 5 heterocycles. The average molecular weight is 523 g/mol. The van der Waals surface area contributed by atoms with Crippen LogP contribution in [0.1, 0.15) is 36.3 Å². The molecule has 2 fully saturated rings. The van der Waals surface area contributed by atoms with Gasteiger partial charge in [0, 0.05) is 57.3 Å². The third kappa shape index (κ3) is 5.92. The summed E-state index contributed by atoms with van der Waals surface area (Å²) in [5, 5.41) is 13.0. The molecule has 38 heavy (non-hydrogen) atoms. The van der Waals surface area contributed by atoms with E-state index in [-0.39, 0.29) is 0 Å². The highest BCUT2D eigenvalue weighted by atomic mass is 16.5. The molecule has 0 spiro atoms. The van der Waals surface area contributed by atoms with Crippen molar-refractivity contribution >= 4 is 46.6 Å². The molecule has 2 saturated heterocycles. The molecule has 2 aliphatic heterocycles. The molecule has 0 aromatic carbocycles. The number of hydrogen-bond acceptors (Lipinski definition) is 11. The van der Waals surface area contributed by atoms with Gasteiger partial charge in [-0.25, -0.2) is 9.97 Å². The van der Waals surface area contributed by atoms with E-state index in [2.05, 4.69) is 25.3 Å². The number of β-amino-alcohol motifs (C(OH)–C–C–N with tert-alkyl or cyclic N) is 1. The van der Waals surface area contributed by atoms with Gasteiger partial charge in [-0.3, -0.25) is 9.79 Å². The van der Waals surface area contributed by atoms with Gasteiger partial charge in [0.25, 0.3) is 11.9 Å². The second kappa shape index (κ2) is 12.5. The monoisotopic (exact) mass is 522 g/mol. The highest BCUT2D eigenvalue weighted by Gasteiger charge is 2.28. The van der Waals surface area contributed by atoms with Crippen molar-refractivity contribution in [3.05, 3.63) is 41.7 Å². The predicted octanol–water partition coefficient (Wildman–Crippen LogP) is 2.30. The second-order valence-electron chi connectivity index (χ2n) is 8.54. The number of carbonyl (C=O) groups is 1. The highest BCUT2D eigenvalue weighted by molar-refractivity contribution is 6.10. The minimum Gasteiger partial charge on any atom is -0.422 e. The van der Waals surface area contributed by atoms with Crippen molar-refractivity contribution in [3.63, 3.8) is 0 Å². The summed E-state index contributed by atoms with van der Waals surface area (Å²) in [4.78, 5) is 35.1. The number of oxazole rings is 1. The van der Waals surface area contributed by atoms with Crippen LogP contribution in [0.15, 0.2) is 39.9 Å². The summed E-state index contributed by atoms with van der Waals surface area (Å²) in [7, 11) is 1.64. The molecule has 0 radical (unpaired) electrons. The topological polar surface area (TPSA) is 155 Å². The first-order valence-electron chi connectivity index (χ1n) is 12.8. The van der Waals surface area contributed by atoms with Gasteiger partial charge in [-0.15, -0.1) is 0 Å². The zero-order valence-electron chi connectivity index (χ0n) is 21.9. The quantitative estimate of drug-likeness (QED) is 0.411. The molecule has 2 aliphatic rings. The summed E-state index contributed by atoms with van der Waals surface area (Å²) in [6.45, 7) is 7.46. The molecule has 0 bridgehead atoms. The first kappa shape index (κ1) is 27.0. The number of hydrogen-bond donors (Lipinski definition) is 3. The molecule has 0 aliphatic carbocycles. The molecule has 202 valence electrons. The van der Waals surface area contributed by atoms with Crippen molar-refractivity contribution in [2.24, 2.45) is 10.7 Å². The molecule has 3 aromatic rings. The van der Waals surface area contributed by atoms with E-state index in [1.54, 1.807) is 37.5 Å². The Morgan fingerprint density at radius 2 is 1.97 bits per heavy atom. The summed E-state index contributed by atoms with van der Waals surface area (Å²) in [6.07, 6.45) is 3.11. The van der Waals surface area contributed by atoms with Gasteiger partial charge in [-0.05, 0) is 18.6 Å². The number of aromatic nitrogens is 3. The molecule has 1 amide bonds. The number of nitrogens with two attached hydrogens (primary N) is 1. The fourth-order valence-corrected chi connectivity index (χ4v) is 4.26. The summed E-state index contributed by atoms with van der Waals surface area (Å²) < 4.78 is 11.4. The summed E-state index contributed by atoms with van der Waals surface area (Å²) >= 11 is 0. The molecule has 3 aromatic heterocycles. The zero-order valence-corrected chi connectivity index (χ0v) is 21.9. The Morgan fingerprint density at radius 3 is 2.66 bits per heavy atom. The van der Waals surface area contributed by atoms with Crippen molar-refractivity contribution in [1.29, 1.82) is 0 Å². The number of pyridine rings is 2. The van der Waals surface area contributed by atoms with E-state index >= 15 is 0 Å². The number of rotatable bonds is 6. The Kier molecular flexibility index (Phi) is 8.87. The minimum atomic E-state index is -0.486. The minimum absolute atomic E-state index is 0.304. The summed E-state index contributed by atoms with van der Waals surface area (Å²) in [5.74, 6) is 0.382. The smallest absolute Gasteiger partial charge is 0.300 e. The largest absolute Gasteiger partial charge is 0.422 e. The summed E-state index contributed by atoms with van der Waals surface area (Å²) in [5.41, 5.74) is 8.01. The second-order valence-corrected chi connectivity index (χ2v) is 8.54. The van der Waals surface area contributed by atoms with Crippen LogP contribution in [-0.4, -0.2) is 84.7 Å². The van der Waals surface area contributed by atoms with Crippen LogP contribution in [0, 0.1) is 0 Å². The van der Waals surface area contributed by atoms with Gasteiger partial charge >= 0.3 is 0 Å². The maximum absolute atomic E-state index is 13.5. The number of aliphatic imine (C=N–C) groups is 1. The Morgan fingerprint density at radius 1 is 1.18 bits per heavy atom. The highest BCUT2D eigenvalue weighted by Crippen LogP contribution is 2.30. The Hall–Kier alpha value is -4.03. The number of aliphatic hydroxyl groups is 1. The van der Waals surface area contributed by atoms with Crippen molar-refractivity contribution in [2.45, 2.75) is 26.4 Å². The van der Waals surface area contributed by atoms with Gasteiger partial charge < -0.3 is 35.1 Å². The lowest BCUT2D eigenvalue weighted by Crippen LogP contribution is -2.36. The molecular weight excluding hydrogens is 488 g/mol. The fourth-order valence-electron chi connectivity index (χ4n) is 4.26. The Balaban J connectivity index is 0.00000164. The molecule has 0 saturated carbocycles. The molecule has 12 heteroatoms. The third-order valence-electron chi connectivity index (χ3n) is 6.07. The number of amides is 1. The van der Waals surface area contributed by atoms with Crippen LogP contribution in [0.4, 0.5) is 17.7 Å². The maximum atomic E-state index is 13.5. The van der Waals surface area contributed by atoms with Crippen molar-refractivity contribution in [2.75, 3.05) is 61.6 Å². The van der Waals surface area contributed by atoms with Crippen LogP contribution in [0.3, 0.4) is 0 Å². The number of carbonyl (C=O) groups excluding carboxylic acids is 1. The van der Waals surface area contributed by atoms with Crippen LogP contribution in [0.25, 0.3) is 16.8 Å². The van der Waals surface area contributed by atoms with Gasteiger partial charge in [0.15, 0.2) is 5.58 Å². The first-order valence-corrected chi connectivity index (χ1v) is 12.8. The number of nitrogens with zero attached hydrogens (tertiary/aromatic N) is 6. The molecular formula is C26H34N8O4. The number of allylic oxidation sites excluding steroid dienone is 1. The Bertz CT molecular complexity index is 1320. The lowest BCUT2D eigenvalue weighted by atomic mass is 10.2. The van der Waals surface area contributed by atoms with Gasteiger partial charge in [-0.1, -0.05) is 19.9 Å². The summed E-state index contributed by atoms with van der Waals surface area (Å²) in [6, 6.07) is 7.33. The van der Waals surface area contributed by atoms with E-state index in [0.29, 0.717) is 91.5 Å². The number of ether oxygens (including phenoxy) is 1. The average Bonchev–Trinajstić information content (AvgIpc) is 3.58. The van der Waals surface area contributed by atoms with Gasteiger partial charge in [0.05, 0.1) is 30.6 Å². The van der Waals surface area contributed by atoms with E-state index < -0.39 is 12.0 Å². The predicted molar refractivity (Wildman–Crippen MR) is 148 cm³/mol. The van der Waals surface area contributed by atoms with Crippen molar-refractivity contribution in [1.82, 2.24) is 15.0 Å². The molecule has 5 rings (SSSR count). The van der Waals surface area contributed by atoms with E-state index in [9.17, 15) is 9.90 Å². The van der Waals surface area contributed by atoms with Crippen LogP contribution >= 0.6 is 0 Å². The lowest BCUT2D eigenvalue weighted by molar-refractivity contribution is 0.102. The van der Waals surface area contributed by atoms with Gasteiger partial charge in [0.2, 0.25) is 5.65 Å². The number of nitrogens with one attached hydrogen (secondary N) is 1. The normalized spacial score (nSPS) is 18.1. The van der Waals surface area contributed by atoms with Crippen LogP contribution < -0.4 is 20.9 Å². The SMILES string of the molecule is CC.CN=C/C(=C\N)c1cccc(NC(=O)c2cc3oc(N4CCOCC4)nc3nc2N2CCC(O)C2)n1. The van der Waals surface area contributed by atoms with Gasteiger partial charge in [-0.2, -0.15) is 4.98 Å².